The van der Waals surface area contributed by atoms with Crippen LogP contribution in [0.1, 0.15) is 40.3 Å². The van der Waals surface area contributed by atoms with Gasteiger partial charge in [0.2, 0.25) is 0 Å². The number of hydrogen-bond acceptors (Lipinski definition) is 5. The van der Waals surface area contributed by atoms with Crippen LogP contribution < -0.4 is 4.72 Å². The predicted octanol–water partition coefficient (Wildman–Crippen LogP) is 4.33. The van der Waals surface area contributed by atoms with Crippen molar-refractivity contribution in [3.63, 3.8) is 0 Å². The van der Waals surface area contributed by atoms with E-state index < -0.39 is 15.8 Å². The van der Waals surface area contributed by atoms with Crippen molar-refractivity contribution in [2.45, 2.75) is 38.0 Å². The summed E-state index contributed by atoms with van der Waals surface area (Å²) in [6, 6.07) is 6.85. The molecular formula is C22H25FN4O3S2. The summed E-state index contributed by atoms with van der Waals surface area (Å²) in [4.78, 5) is 20.1. The van der Waals surface area contributed by atoms with Gasteiger partial charge in [-0.05, 0) is 57.4 Å². The van der Waals surface area contributed by atoms with Gasteiger partial charge in [0.25, 0.3) is 15.9 Å². The predicted molar refractivity (Wildman–Crippen MR) is 123 cm³/mol. The molecule has 4 rings (SSSR count). The molecule has 1 saturated heterocycles. The number of likely N-dealkylation sites (tertiary alicyclic amines) is 1. The third kappa shape index (κ3) is 4.29. The number of piperidine rings is 1. The topological polar surface area (TPSA) is 84.3 Å². The van der Waals surface area contributed by atoms with Gasteiger partial charge in [0, 0.05) is 25.8 Å². The molecule has 170 valence electrons. The molecule has 1 aliphatic rings. The molecule has 1 fully saturated rings. The Hall–Kier alpha value is -2.72. The molecule has 0 atom stereocenters. The van der Waals surface area contributed by atoms with Crippen molar-refractivity contribution in [3.05, 3.63) is 52.4 Å². The lowest BCUT2D eigenvalue weighted by molar-refractivity contribution is 0.0728. The monoisotopic (exact) mass is 476 g/mol. The Kier molecular flexibility index (Phi) is 6.09. The highest BCUT2D eigenvalue weighted by Gasteiger charge is 2.27. The number of nitrogens with zero attached hydrogens (tertiary/aromatic N) is 3. The summed E-state index contributed by atoms with van der Waals surface area (Å²) in [5.74, 6) is -0.544. The summed E-state index contributed by atoms with van der Waals surface area (Å²) in [5.41, 5.74) is 1.91. The van der Waals surface area contributed by atoms with E-state index in [9.17, 15) is 17.6 Å². The summed E-state index contributed by atoms with van der Waals surface area (Å²) in [6.45, 7) is 5.01. The molecule has 0 bridgehead atoms. The number of thiazole rings is 1. The van der Waals surface area contributed by atoms with Crippen LogP contribution in [-0.2, 0) is 17.1 Å². The van der Waals surface area contributed by atoms with Crippen LogP contribution in [0.15, 0.2) is 35.2 Å². The molecule has 7 nitrogen and oxygen atoms in total. The zero-order valence-corrected chi connectivity index (χ0v) is 19.8. The van der Waals surface area contributed by atoms with Gasteiger partial charge in [-0.3, -0.25) is 9.52 Å². The van der Waals surface area contributed by atoms with E-state index in [1.807, 2.05) is 4.90 Å². The lowest BCUT2D eigenvalue weighted by Gasteiger charge is -2.26. The standard InChI is InChI=1S/C22H25FN4O3S2/c1-14-20(22(28)27-10-5-4-6-11-27)31-21(24-14)18-13-19(15(2)26(18)3)32(29,30)25-17-9-7-8-16(23)12-17/h7-9,12-13,25H,4-6,10-11H2,1-3H3. The lowest BCUT2D eigenvalue weighted by atomic mass is 10.1. The van der Waals surface area contributed by atoms with Crippen molar-refractivity contribution in [2.24, 2.45) is 7.05 Å². The zero-order valence-electron chi connectivity index (χ0n) is 18.2. The van der Waals surface area contributed by atoms with Crippen molar-refractivity contribution < 1.29 is 17.6 Å². The van der Waals surface area contributed by atoms with Crippen LogP contribution in [-0.4, -0.2) is 41.9 Å². The maximum atomic E-state index is 13.5. The van der Waals surface area contributed by atoms with E-state index in [1.54, 1.807) is 31.5 Å². The molecule has 1 N–H and O–H groups in total. The van der Waals surface area contributed by atoms with Gasteiger partial charge in [-0.25, -0.2) is 17.8 Å². The number of carbonyl (C=O) groups is 1. The number of carbonyl (C=O) groups excluding carboxylic acids is 1. The van der Waals surface area contributed by atoms with E-state index in [0.29, 0.717) is 27.0 Å². The van der Waals surface area contributed by atoms with Crippen molar-refractivity contribution in [2.75, 3.05) is 17.8 Å². The number of aromatic nitrogens is 2. The average Bonchev–Trinajstić information content (AvgIpc) is 3.28. The lowest BCUT2D eigenvalue weighted by Crippen LogP contribution is -2.35. The second kappa shape index (κ2) is 8.67. The Bertz CT molecular complexity index is 1270. The van der Waals surface area contributed by atoms with Crippen LogP contribution >= 0.6 is 11.3 Å². The van der Waals surface area contributed by atoms with Crippen LogP contribution in [0.3, 0.4) is 0 Å². The minimum Gasteiger partial charge on any atom is -0.345 e. The van der Waals surface area contributed by atoms with Gasteiger partial charge in [0.05, 0.1) is 17.1 Å². The first-order valence-corrected chi connectivity index (χ1v) is 12.7. The molecular weight excluding hydrogens is 451 g/mol. The zero-order chi connectivity index (χ0) is 23.0. The first-order chi connectivity index (χ1) is 15.2. The van der Waals surface area contributed by atoms with Crippen molar-refractivity contribution in [1.29, 1.82) is 0 Å². The van der Waals surface area contributed by atoms with Crippen LogP contribution in [0.2, 0.25) is 0 Å². The SMILES string of the molecule is Cc1nc(-c2cc(S(=O)(=O)Nc3cccc(F)c3)c(C)n2C)sc1C(=O)N1CCCCC1. The fourth-order valence-corrected chi connectivity index (χ4v) is 6.28. The maximum absolute atomic E-state index is 13.5. The van der Waals surface area contributed by atoms with Gasteiger partial charge in [0.15, 0.2) is 0 Å². The van der Waals surface area contributed by atoms with Crippen LogP contribution in [0.4, 0.5) is 10.1 Å². The Morgan fingerprint density at radius 3 is 2.56 bits per heavy atom. The third-order valence-electron chi connectivity index (χ3n) is 5.71. The van der Waals surface area contributed by atoms with Gasteiger partial charge in [-0.2, -0.15) is 0 Å². The molecule has 1 aliphatic heterocycles. The number of benzene rings is 1. The Morgan fingerprint density at radius 2 is 1.88 bits per heavy atom. The van der Waals surface area contributed by atoms with Gasteiger partial charge in [-0.15, -0.1) is 11.3 Å². The van der Waals surface area contributed by atoms with Gasteiger partial charge >= 0.3 is 0 Å². The number of sulfonamides is 1. The van der Waals surface area contributed by atoms with Gasteiger partial charge in [0.1, 0.15) is 20.6 Å². The van der Waals surface area contributed by atoms with Crippen molar-refractivity contribution in [3.8, 4) is 10.7 Å². The average molecular weight is 477 g/mol. The molecule has 0 aliphatic carbocycles. The van der Waals surface area contributed by atoms with E-state index in [2.05, 4.69) is 9.71 Å². The summed E-state index contributed by atoms with van der Waals surface area (Å²) in [7, 11) is -2.18. The summed E-state index contributed by atoms with van der Waals surface area (Å²) < 4.78 is 43.6. The third-order valence-corrected chi connectivity index (χ3v) is 8.37. The first kappa shape index (κ1) is 22.5. The minimum atomic E-state index is -3.94. The van der Waals surface area contributed by atoms with Gasteiger partial charge < -0.3 is 9.47 Å². The number of halogens is 1. The molecule has 3 heterocycles. The summed E-state index contributed by atoms with van der Waals surface area (Å²) >= 11 is 1.28. The van der Waals surface area contributed by atoms with Crippen molar-refractivity contribution >= 4 is 33.0 Å². The highest BCUT2D eigenvalue weighted by Crippen LogP contribution is 2.33. The van der Waals surface area contributed by atoms with Crippen LogP contribution in [0.5, 0.6) is 0 Å². The first-order valence-electron chi connectivity index (χ1n) is 10.4. The largest absolute Gasteiger partial charge is 0.345 e. The Morgan fingerprint density at radius 1 is 1.16 bits per heavy atom. The summed E-state index contributed by atoms with van der Waals surface area (Å²) in [5, 5.41) is 0.584. The number of nitrogens with one attached hydrogen (secondary N) is 1. The number of amides is 1. The fourth-order valence-electron chi connectivity index (χ4n) is 3.86. The maximum Gasteiger partial charge on any atom is 0.265 e. The quantitative estimate of drug-likeness (QED) is 0.594. The van der Waals surface area contributed by atoms with E-state index in [4.69, 9.17) is 0 Å². The Labute approximate surface area is 191 Å². The van der Waals surface area contributed by atoms with Crippen LogP contribution in [0, 0.1) is 19.7 Å². The molecule has 3 aromatic rings. The smallest absolute Gasteiger partial charge is 0.265 e. The van der Waals surface area contributed by atoms with E-state index >= 15 is 0 Å². The highest BCUT2D eigenvalue weighted by molar-refractivity contribution is 7.92. The molecule has 0 spiro atoms. The molecule has 32 heavy (non-hydrogen) atoms. The number of anilines is 1. The van der Waals surface area contributed by atoms with Crippen LogP contribution in [0.25, 0.3) is 10.7 Å². The Balaban J connectivity index is 1.66. The normalized spacial score (nSPS) is 14.6. The van der Waals surface area contributed by atoms with Gasteiger partial charge in [-0.1, -0.05) is 6.07 Å². The molecule has 0 unspecified atom stereocenters. The number of rotatable bonds is 5. The van der Waals surface area contributed by atoms with E-state index in [-0.39, 0.29) is 16.5 Å². The highest BCUT2D eigenvalue weighted by atomic mass is 32.2. The molecule has 10 heteroatoms. The van der Waals surface area contributed by atoms with E-state index in [1.165, 1.54) is 29.5 Å². The number of hydrogen-bond donors (Lipinski definition) is 1. The number of aryl methyl sites for hydroxylation is 1. The molecule has 1 amide bonds. The second-order valence-corrected chi connectivity index (χ2v) is 10.6. The fraction of sp³-hybridized carbons (Fsp3) is 0.364. The van der Waals surface area contributed by atoms with Crippen molar-refractivity contribution in [1.82, 2.24) is 14.5 Å². The molecule has 1 aromatic carbocycles. The van der Waals surface area contributed by atoms with E-state index in [0.717, 1.165) is 38.4 Å². The minimum absolute atomic E-state index is 0.0162. The summed E-state index contributed by atoms with van der Waals surface area (Å²) in [6.07, 6.45) is 3.15. The molecule has 0 saturated carbocycles. The molecule has 2 aromatic heterocycles. The molecule has 0 radical (unpaired) electrons. The second-order valence-electron chi connectivity index (χ2n) is 7.94.